The molecule has 0 radical (unpaired) electrons. The average molecular weight is 342 g/mol. The maximum absolute atomic E-state index is 5.23. The van der Waals surface area contributed by atoms with Crippen LogP contribution in [0.3, 0.4) is 0 Å². The van der Waals surface area contributed by atoms with E-state index in [2.05, 4.69) is 34.6 Å². The van der Waals surface area contributed by atoms with Gasteiger partial charge in [0.05, 0.1) is 12.8 Å². The molecule has 1 aliphatic heterocycles. The smallest absolute Gasteiger partial charge is 0.154 e. The van der Waals surface area contributed by atoms with E-state index < -0.39 is 0 Å². The summed E-state index contributed by atoms with van der Waals surface area (Å²) in [6, 6.07) is 17.8. The Hall–Kier alpha value is -3.47. The molecule has 0 atom stereocenters. The van der Waals surface area contributed by atoms with Crippen LogP contribution in [0.4, 0.5) is 5.69 Å². The Kier molecular flexibility index (Phi) is 4.19. The number of aromatic nitrogens is 1. The number of benzene rings is 2. The van der Waals surface area contributed by atoms with Crippen LogP contribution in [-0.4, -0.2) is 23.6 Å². The third-order valence-corrected chi connectivity index (χ3v) is 4.21. The first kappa shape index (κ1) is 16.0. The maximum atomic E-state index is 5.23. The van der Waals surface area contributed by atoms with Gasteiger partial charge in [-0.3, -0.25) is 10.4 Å². The zero-order chi connectivity index (χ0) is 17.9. The van der Waals surface area contributed by atoms with Crippen LogP contribution in [0.1, 0.15) is 22.3 Å². The molecule has 4 rings (SSSR count). The van der Waals surface area contributed by atoms with Gasteiger partial charge in [-0.05, 0) is 55.5 Å². The molecule has 0 saturated carbocycles. The van der Waals surface area contributed by atoms with Crippen LogP contribution in [0.5, 0.6) is 5.75 Å². The van der Waals surface area contributed by atoms with E-state index >= 15 is 0 Å². The minimum Gasteiger partial charge on any atom is -0.497 e. The van der Waals surface area contributed by atoms with Crippen LogP contribution in [0.2, 0.25) is 0 Å². The third kappa shape index (κ3) is 3.07. The van der Waals surface area contributed by atoms with Gasteiger partial charge in [0.1, 0.15) is 11.5 Å². The molecule has 1 N–H and O–H groups in total. The predicted molar refractivity (Wildman–Crippen MR) is 103 cm³/mol. The van der Waals surface area contributed by atoms with Crippen molar-refractivity contribution in [2.45, 2.75) is 6.92 Å². The number of hydrogen-bond acceptors (Lipinski definition) is 5. The van der Waals surface area contributed by atoms with Gasteiger partial charge in [0.15, 0.2) is 5.84 Å². The lowest BCUT2D eigenvalue weighted by Gasteiger charge is -2.08. The van der Waals surface area contributed by atoms with Crippen molar-refractivity contribution < 1.29 is 4.74 Å². The van der Waals surface area contributed by atoms with Gasteiger partial charge in [-0.2, -0.15) is 5.10 Å². The number of aliphatic imine (C=N–C) groups is 1. The summed E-state index contributed by atoms with van der Waals surface area (Å²) in [4.78, 5) is 9.03. The quantitative estimate of drug-likeness (QED) is 0.787. The predicted octanol–water partition coefficient (Wildman–Crippen LogP) is 3.83. The fourth-order valence-corrected chi connectivity index (χ4v) is 2.85. The molecule has 5 nitrogen and oxygen atoms in total. The number of fused-ring (bicyclic) bond motifs is 1. The third-order valence-electron chi connectivity index (χ3n) is 4.21. The number of pyridine rings is 1. The van der Waals surface area contributed by atoms with Crippen molar-refractivity contribution in [2.24, 2.45) is 10.1 Å². The highest BCUT2D eigenvalue weighted by Crippen LogP contribution is 2.27. The highest BCUT2D eigenvalue weighted by atomic mass is 16.5. The molecule has 0 aliphatic carbocycles. The Morgan fingerprint density at radius 3 is 2.54 bits per heavy atom. The number of amidine groups is 1. The summed E-state index contributed by atoms with van der Waals surface area (Å²) < 4.78 is 5.23. The number of hydrazone groups is 1. The monoisotopic (exact) mass is 342 g/mol. The van der Waals surface area contributed by atoms with E-state index in [1.165, 1.54) is 0 Å². The van der Waals surface area contributed by atoms with E-state index in [1.54, 1.807) is 13.3 Å². The van der Waals surface area contributed by atoms with Gasteiger partial charge in [0.25, 0.3) is 0 Å². The first-order chi connectivity index (χ1) is 12.7. The molecule has 2 heterocycles. The molecule has 0 amide bonds. The molecule has 0 fully saturated rings. The Morgan fingerprint density at radius 1 is 0.962 bits per heavy atom. The molecular formula is C21H18N4O. The number of nitrogens with one attached hydrogen (secondary N) is 1. The van der Waals surface area contributed by atoms with Crippen LogP contribution in [-0.2, 0) is 0 Å². The van der Waals surface area contributed by atoms with Gasteiger partial charge in [-0.1, -0.05) is 11.6 Å². The summed E-state index contributed by atoms with van der Waals surface area (Å²) in [5, 5.41) is 4.64. The van der Waals surface area contributed by atoms with E-state index in [9.17, 15) is 0 Å². The normalized spacial score (nSPS) is 13.0. The van der Waals surface area contributed by atoms with Gasteiger partial charge in [-0.15, -0.1) is 0 Å². The van der Waals surface area contributed by atoms with Crippen LogP contribution < -0.4 is 10.2 Å². The second-order valence-electron chi connectivity index (χ2n) is 6.02. The fraction of sp³-hybridized carbons (Fsp3) is 0.0952. The number of aryl methyl sites for hydroxylation is 1. The Balaban J connectivity index is 1.83. The molecule has 3 aromatic rings. The van der Waals surface area contributed by atoms with Crippen molar-refractivity contribution in [2.75, 3.05) is 7.11 Å². The minimum absolute atomic E-state index is 0.691. The van der Waals surface area contributed by atoms with Crippen molar-refractivity contribution in [1.29, 1.82) is 0 Å². The zero-order valence-corrected chi connectivity index (χ0v) is 14.6. The maximum Gasteiger partial charge on any atom is 0.154 e. The zero-order valence-electron chi connectivity index (χ0n) is 14.6. The number of nitrogens with zero attached hydrogens (tertiary/aromatic N) is 3. The van der Waals surface area contributed by atoms with Crippen molar-refractivity contribution in [3.8, 4) is 5.75 Å². The molecule has 0 bridgehead atoms. The Morgan fingerprint density at radius 2 is 1.81 bits per heavy atom. The van der Waals surface area contributed by atoms with E-state index in [-0.39, 0.29) is 0 Å². The van der Waals surface area contributed by atoms with Crippen LogP contribution in [0.25, 0.3) is 0 Å². The lowest BCUT2D eigenvalue weighted by molar-refractivity contribution is 0.415. The van der Waals surface area contributed by atoms with E-state index in [0.29, 0.717) is 5.84 Å². The lowest BCUT2D eigenvalue weighted by atomic mass is 10.0. The number of hydrogen-bond donors (Lipinski definition) is 1. The second-order valence-corrected chi connectivity index (χ2v) is 6.02. The fourth-order valence-electron chi connectivity index (χ4n) is 2.85. The molecule has 0 spiro atoms. The first-order valence-corrected chi connectivity index (χ1v) is 8.33. The summed E-state index contributed by atoms with van der Waals surface area (Å²) >= 11 is 0. The largest absolute Gasteiger partial charge is 0.497 e. The van der Waals surface area contributed by atoms with Crippen molar-refractivity contribution in [1.82, 2.24) is 10.4 Å². The summed E-state index contributed by atoms with van der Waals surface area (Å²) in [7, 11) is 1.65. The van der Waals surface area contributed by atoms with E-state index in [1.807, 2.05) is 48.7 Å². The standard InChI is InChI=1S/C21H18N4O/c1-14-5-10-19-18(12-14)20(16-4-3-11-22-13-16)24-25-21(23-19)15-6-8-17(26-2)9-7-15/h3-13H,1-2H3,(H,23,25). The van der Waals surface area contributed by atoms with Crippen molar-refractivity contribution in [3.05, 3.63) is 89.2 Å². The van der Waals surface area contributed by atoms with E-state index in [0.717, 1.165) is 39.4 Å². The van der Waals surface area contributed by atoms with Gasteiger partial charge in [0.2, 0.25) is 0 Å². The average Bonchev–Trinajstić information content (AvgIpc) is 2.88. The highest BCUT2D eigenvalue weighted by molar-refractivity contribution is 6.17. The van der Waals surface area contributed by atoms with Gasteiger partial charge >= 0.3 is 0 Å². The second kappa shape index (κ2) is 6.80. The number of ether oxygens (including phenoxy) is 1. The molecule has 26 heavy (non-hydrogen) atoms. The molecular weight excluding hydrogens is 324 g/mol. The summed E-state index contributed by atoms with van der Waals surface area (Å²) in [5.74, 6) is 1.50. The summed E-state index contributed by atoms with van der Waals surface area (Å²) in [5.41, 5.74) is 8.83. The molecule has 0 unspecified atom stereocenters. The van der Waals surface area contributed by atoms with Crippen LogP contribution >= 0.6 is 0 Å². The van der Waals surface area contributed by atoms with Crippen molar-refractivity contribution >= 4 is 17.2 Å². The number of rotatable bonds is 3. The molecule has 1 aromatic heterocycles. The van der Waals surface area contributed by atoms with E-state index in [4.69, 9.17) is 9.73 Å². The molecule has 0 saturated heterocycles. The van der Waals surface area contributed by atoms with Crippen LogP contribution in [0.15, 0.2) is 77.1 Å². The lowest BCUT2D eigenvalue weighted by Crippen LogP contribution is -2.19. The molecule has 2 aromatic carbocycles. The van der Waals surface area contributed by atoms with Crippen LogP contribution in [0, 0.1) is 6.92 Å². The Labute approximate surface area is 152 Å². The SMILES string of the molecule is COc1ccc(C2=Nc3ccc(C)cc3C(c3cccnc3)=NN2)cc1. The number of methoxy groups -OCH3 is 1. The highest BCUT2D eigenvalue weighted by Gasteiger charge is 2.17. The first-order valence-electron chi connectivity index (χ1n) is 8.33. The molecule has 1 aliphatic rings. The summed E-state index contributed by atoms with van der Waals surface area (Å²) in [6.45, 7) is 2.06. The van der Waals surface area contributed by atoms with Gasteiger partial charge in [-0.25, -0.2) is 4.99 Å². The van der Waals surface area contributed by atoms with Crippen molar-refractivity contribution in [3.63, 3.8) is 0 Å². The molecule has 5 heteroatoms. The topological polar surface area (TPSA) is 58.9 Å². The van der Waals surface area contributed by atoms with Gasteiger partial charge < -0.3 is 4.74 Å². The summed E-state index contributed by atoms with van der Waals surface area (Å²) in [6.07, 6.45) is 3.57. The van der Waals surface area contributed by atoms with Gasteiger partial charge in [0, 0.05) is 29.1 Å². The molecule has 128 valence electrons. The Bertz CT molecular complexity index is 992. The minimum atomic E-state index is 0.691.